The van der Waals surface area contributed by atoms with Gasteiger partial charge in [0.1, 0.15) is 5.69 Å². The third kappa shape index (κ3) is 3.42. The Balaban J connectivity index is 1.18. The average molecular weight is 369 g/mol. The smallest absolute Gasteiger partial charge is 0.232 e. The first kappa shape index (κ1) is 16.8. The Bertz CT molecular complexity index is 1040. The van der Waals surface area contributed by atoms with Gasteiger partial charge >= 0.3 is 0 Å². The molecule has 6 heteroatoms. The molecule has 1 fully saturated rings. The minimum atomic E-state index is 0.279. The fraction of sp³-hybridized carbons (Fsp3) is 0.182. The fourth-order valence-corrected chi connectivity index (χ4v) is 3.47. The van der Waals surface area contributed by atoms with Crippen molar-refractivity contribution < 1.29 is 4.52 Å². The molecule has 3 heterocycles. The summed E-state index contributed by atoms with van der Waals surface area (Å²) in [7, 11) is 0. The molecule has 138 valence electrons. The molecule has 0 atom stereocenters. The van der Waals surface area contributed by atoms with Crippen LogP contribution in [0.3, 0.4) is 0 Å². The SMILES string of the molecule is c1ccc(-c2ccc(CN3CC(c4nc(-c5cnccn5)no4)C3)cc2)cc1. The van der Waals surface area contributed by atoms with Crippen molar-refractivity contribution in [3.8, 4) is 22.6 Å². The molecule has 2 aromatic carbocycles. The summed E-state index contributed by atoms with van der Waals surface area (Å²) in [5, 5.41) is 4.03. The first-order valence-electron chi connectivity index (χ1n) is 9.32. The van der Waals surface area contributed by atoms with Crippen molar-refractivity contribution in [1.82, 2.24) is 25.0 Å². The lowest BCUT2D eigenvalue weighted by molar-refractivity contribution is 0.117. The van der Waals surface area contributed by atoms with E-state index >= 15 is 0 Å². The lowest BCUT2D eigenvalue weighted by atomic mass is 9.98. The summed E-state index contributed by atoms with van der Waals surface area (Å²) in [6.45, 7) is 2.77. The van der Waals surface area contributed by atoms with Crippen molar-refractivity contribution in [2.24, 2.45) is 0 Å². The average Bonchev–Trinajstić information content (AvgIpc) is 3.22. The van der Waals surface area contributed by atoms with Gasteiger partial charge in [0.05, 0.1) is 12.1 Å². The molecule has 0 unspecified atom stereocenters. The molecule has 5 rings (SSSR count). The number of hydrogen-bond acceptors (Lipinski definition) is 6. The Kier molecular flexibility index (Phi) is 4.39. The van der Waals surface area contributed by atoms with Crippen LogP contribution in [-0.4, -0.2) is 38.1 Å². The third-order valence-electron chi connectivity index (χ3n) is 5.01. The molecule has 0 spiro atoms. The van der Waals surface area contributed by atoms with Gasteiger partial charge in [-0.25, -0.2) is 4.98 Å². The van der Waals surface area contributed by atoms with E-state index in [-0.39, 0.29) is 5.92 Å². The van der Waals surface area contributed by atoms with Gasteiger partial charge in [0.2, 0.25) is 11.7 Å². The van der Waals surface area contributed by atoms with Crippen LogP contribution in [0.1, 0.15) is 17.4 Å². The second kappa shape index (κ2) is 7.32. The van der Waals surface area contributed by atoms with E-state index in [9.17, 15) is 0 Å². The maximum atomic E-state index is 5.43. The Morgan fingerprint density at radius 1 is 0.929 bits per heavy atom. The zero-order valence-electron chi connectivity index (χ0n) is 15.3. The molecular formula is C22H19N5O. The topological polar surface area (TPSA) is 67.9 Å². The van der Waals surface area contributed by atoms with E-state index in [4.69, 9.17) is 4.52 Å². The van der Waals surface area contributed by atoms with Gasteiger partial charge in [-0.3, -0.25) is 9.88 Å². The molecule has 0 amide bonds. The predicted molar refractivity (Wildman–Crippen MR) is 105 cm³/mol. The third-order valence-corrected chi connectivity index (χ3v) is 5.01. The number of nitrogens with zero attached hydrogens (tertiary/aromatic N) is 5. The lowest BCUT2D eigenvalue weighted by Gasteiger charge is -2.37. The quantitative estimate of drug-likeness (QED) is 0.533. The van der Waals surface area contributed by atoms with Crippen LogP contribution in [-0.2, 0) is 6.54 Å². The van der Waals surface area contributed by atoms with E-state index in [1.807, 2.05) is 6.07 Å². The van der Waals surface area contributed by atoms with Crippen LogP contribution >= 0.6 is 0 Å². The summed E-state index contributed by atoms with van der Waals surface area (Å²) >= 11 is 0. The number of rotatable bonds is 5. The molecule has 1 aliphatic heterocycles. The molecular weight excluding hydrogens is 350 g/mol. The molecule has 0 aliphatic carbocycles. The summed E-state index contributed by atoms with van der Waals surface area (Å²) in [4.78, 5) is 15.1. The van der Waals surface area contributed by atoms with Crippen molar-refractivity contribution >= 4 is 0 Å². The molecule has 0 radical (unpaired) electrons. The zero-order chi connectivity index (χ0) is 18.8. The van der Waals surface area contributed by atoms with E-state index in [0.29, 0.717) is 17.4 Å². The number of hydrogen-bond donors (Lipinski definition) is 0. The van der Waals surface area contributed by atoms with Gasteiger partial charge in [0, 0.05) is 32.0 Å². The lowest BCUT2D eigenvalue weighted by Crippen LogP contribution is -2.44. The van der Waals surface area contributed by atoms with E-state index in [0.717, 1.165) is 19.6 Å². The van der Waals surface area contributed by atoms with Gasteiger partial charge in [-0.1, -0.05) is 59.8 Å². The van der Waals surface area contributed by atoms with Crippen LogP contribution in [0.15, 0.2) is 77.7 Å². The van der Waals surface area contributed by atoms with Gasteiger partial charge in [-0.05, 0) is 16.7 Å². The van der Waals surface area contributed by atoms with E-state index < -0.39 is 0 Å². The van der Waals surface area contributed by atoms with Gasteiger partial charge in [0.15, 0.2) is 0 Å². The van der Waals surface area contributed by atoms with Gasteiger partial charge < -0.3 is 4.52 Å². The molecule has 6 nitrogen and oxygen atoms in total. The van der Waals surface area contributed by atoms with Crippen molar-refractivity contribution in [2.75, 3.05) is 13.1 Å². The molecule has 1 aliphatic rings. The summed E-state index contributed by atoms with van der Waals surface area (Å²) in [6, 6.07) is 19.2. The van der Waals surface area contributed by atoms with Crippen molar-refractivity contribution in [2.45, 2.75) is 12.5 Å². The standard InChI is InChI=1S/C22H19N5O/c1-2-4-17(5-3-1)18-8-6-16(7-9-18)13-27-14-19(15-27)22-25-21(26-28-22)20-12-23-10-11-24-20/h1-12,19H,13-15H2. The summed E-state index contributed by atoms with van der Waals surface area (Å²) in [5.74, 6) is 1.45. The first-order valence-corrected chi connectivity index (χ1v) is 9.32. The van der Waals surface area contributed by atoms with Crippen molar-refractivity contribution in [1.29, 1.82) is 0 Å². The molecule has 0 N–H and O–H groups in total. The Morgan fingerprint density at radius 3 is 2.46 bits per heavy atom. The molecule has 28 heavy (non-hydrogen) atoms. The molecule has 1 saturated heterocycles. The molecule has 4 aromatic rings. The first-order chi connectivity index (χ1) is 13.8. The molecule has 0 saturated carbocycles. The van der Waals surface area contributed by atoms with Crippen LogP contribution in [0.5, 0.6) is 0 Å². The van der Waals surface area contributed by atoms with Crippen molar-refractivity contribution in [3.63, 3.8) is 0 Å². The summed E-state index contributed by atoms with van der Waals surface area (Å²) in [6.07, 6.45) is 4.89. The van der Waals surface area contributed by atoms with Crippen LogP contribution in [0, 0.1) is 0 Å². The van der Waals surface area contributed by atoms with Gasteiger partial charge in [-0.15, -0.1) is 0 Å². The highest BCUT2D eigenvalue weighted by molar-refractivity contribution is 5.63. The highest BCUT2D eigenvalue weighted by Gasteiger charge is 2.32. The Hall–Kier alpha value is -3.38. The number of aromatic nitrogens is 4. The molecule has 0 bridgehead atoms. The number of benzene rings is 2. The Labute approximate surface area is 162 Å². The molecule has 2 aromatic heterocycles. The van der Waals surface area contributed by atoms with Crippen LogP contribution in [0.25, 0.3) is 22.6 Å². The predicted octanol–water partition coefficient (Wildman–Crippen LogP) is 3.79. The van der Waals surface area contributed by atoms with Crippen LogP contribution < -0.4 is 0 Å². The van der Waals surface area contributed by atoms with Gasteiger partial charge in [0.25, 0.3) is 0 Å². The second-order valence-corrected chi connectivity index (χ2v) is 7.00. The second-order valence-electron chi connectivity index (χ2n) is 7.00. The normalized spacial score (nSPS) is 14.7. The monoisotopic (exact) mass is 369 g/mol. The van der Waals surface area contributed by atoms with E-state index in [1.165, 1.54) is 16.7 Å². The van der Waals surface area contributed by atoms with E-state index in [1.54, 1.807) is 18.6 Å². The Morgan fingerprint density at radius 2 is 1.71 bits per heavy atom. The minimum Gasteiger partial charge on any atom is -0.339 e. The minimum absolute atomic E-state index is 0.279. The largest absolute Gasteiger partial charge is 0.339 e. The number of likely N-dealkylation sites (tertiary alicyclic amines) is 1. The van der Waals surface area contributed by atoms with E-state index in [2.05, 4.69) is 73.5 Å². The van der Waals surface area contributed by atoms with Crippen LogP contribution in [0.2, 0.25) is 0 Å². The van der Waals surface area contributed by atoms with Crippen LogP contribution in [0.4, 0.5) is 0 Å². The zero-order valence-corrected chi connectivity index (χ0v) is 15.3. The highest BCUT2D eigenvalue weighted by atomic mass is 16.5. The van der Waals surface area contributed by atoms with Gasteiger partial charge in [-0.2, -0.15) is 4.98 Å². The highest BCUT2D eigenvalue weighted by Crippen LogP contribution is 2.29. The summed E-state index contributed by atoms with van der Waals surface area (Å²) < 4.78 is 5.43. The summed E-state index contributed by atoms with van der Waals surface area (Å²) in [5.41, 5.74) is 4.43. The van der Waals surface area contributed by atoms with Crippen molar-refractivity contribution in [3.05, 3.63) is 84.6 Å². The fourth-order valence-electron chi connectivity index (χ4n) is 3.47. The maximum Gasteiger partial charge on any atom is 0.232 e. The maximum absolute atomic E-state index is 5.43.